The van der Waals surface area contributed by atoms with Crippen molar-refractivity contribution in [3.05, 3.63) is 76.3 Å². The molecule has 0 radical (unpaired) electrons. The quantitative estimate of drug-likeness (QED) is 0.845. The van der Waals surface area contributed by atoms with Gasteiger partial charge in [-0.1, -0.05) is 54.9 Å². The summed E-state index contributed by atoms with van der Waals surface area (Å²) in [5.74, 6) is -0.973. The van der Waals surface area contributed by atoms with E-state index in [0.29, 0.717) is 10.6 Å². The average molecular weight is 287 g/mol. The Bertz CT molecular complexity index is 642. The number of carbonyl (C=O) groups is 1. The van der Waals surface area contributed by atoms with Gasteiger partial charge in [0.1, 0.15) is 0 Å². The lowest BCUT2D eigenvalue weighted by molar-refractivity contribution is -0.131. The molecule has 0 saturated heterocycles. The van der Waals surface area contributed by atoms with Crippen molar-refractivity contribution in [2.75, 3.05) is 0 Å². The Kier molecular flexibility index (Phi) is 4.59. The van der Waals surface area contributed by atoms with Crippen molar-refractivity contribution < 1.29 is 9.90 Å². The second-order valence-corrected chi connectivity index (χ2v) is 4.89. The number of carboxylic acid groups (broad SMARTS) is 1. The van der Waals surface area contributed by atoms with E-state index >= 15 is 0 Å². The van der Waals surface area contributed by atoms with Gasteiger partial charge in [-0.05, 0) is 40.8 Å². The van der Waals surface area contributed by atoms with Gasteiger partial charge in [0.05, 0.1) is 0 Å². The van der Waals surface area contributed by atoms with Gasteiger partial charge in [-0.25, -0.2) is 4.79 Å². The molecule has 0 aromatic heterocycles. The largest absolute Gasteiger partial charge is 0.478 e. The standard InChI is InChI=1S/C17H15ClO2/c1-2-12-6-8-13(9-7-12)16(11-17(19)20)14-4-3-5-15(18)10-14/h3-11H,2H2,1H3,(H,19,20)/b16-11+. The third-order valence-electron chi connectivity index (χ3n) is 3.08. The topological polar surface area (TPSA) is 37.3 Å². The predicted octanol–water partition coefficient (Wildman–Crippen LogP) is 4.42. The number of benzene rings is 2. The summed E-state index contributed by atoms with van der Waals surface area (Å²) in [6, 6.07) is 15.1. The fourth-order valence-electron chi connectivity index (χ4n) is 2.03. The van der Waals surface area contributed by atoms with E-state index in [1.54, 1.807) is 12.1 Å². The third kappa shape index (κ3) is 3.49. The van der Waals surface area contributed by atoms with Crippen LogP contribution in [0.4, 0.5) is 0 Å². The molecule has 1 N–H and O–H groups in total. The molecule has 0 aliphatic heterocycles. The van der Waals surface area contributed by atoms with Crippen molar-refractivity contribution in [3.63, 3.8) is 0 Å². The van der Waals surface area contributed by atoms with E-state index in [0.717, 1.165) is 17.5 Å². The molecule has 0 amide bonds. The van der Waals surface area contributed by atoms with Crippen molar-refractivity contribution >= 4 is 23.1 Å². The van der Waals surface area contributed by atoms with Crippen molar-refractivity contribution in [2.24, 2.45) is 0 Å². The molecule has 0 fully saturated rings. The van der Waals surface area contributed by atoms with Gasteiger partial charge in [0, 0.05) is 11.1 Å². The number of hydrogen-bond donors (Lipinski definition) is 1. The van der Waals surface area contributed by atoms with Gasteiger partial charge in [-0.2, -0.15) is 0 Å². The molecule has 0 bridgehead atoms. The third-order valence-corrected chi connectivity index (χ3v) is 3.31. The molecular weight excluding hydrogens is 272 g/mol. The zero-order valence-corrected chi connectivity index (χ0v) is 11.9. The fraction of sp³-hybridized carbons (Fsp3) is 0.118. The van der Waals surface area contributed by atoms with Crippen LogP contribution in [0.5, 0.6) is 0 Å². The van der Waals surface area contributed by atoms with Gasteiger partial charge in [-0.15, -0.1) is 0 Å². The van der Waals surface area contributed by atoms with Crippen molar-refractivity contribution in [3.8, 4) is 0 Å². The Morgan fingerprint density at radius 3 is 2.40 bits per heavy atom. The molecular formula is C17H15ClO2. The van der Waals surface area contributed by atoms with Gasteiger partial charge >= 0.3 is 5.97 Å². The van der Waals surface area contributed by atoms with Crippen LogP contribution < -0.4 is 0 Å². The highest BCUT2D eigenvalue weighted by atomic mass is 35.5. The SMILES string of the molecule is CCc1ccc(/C(=C\C(=O)O)c2cccc(Cl)c2)cc1. The maximum absolute atomic E-state index is 11.1. The molecule has 2 nitrogen and oxygen atoms in total. The summed E-state index contributed by atoms with van der Waals surface area (Å²) >= 11 is 5.99. The molecule has 0 heterocycles. The molecule has 2 rings (SSSR count). The van der Waals surface area contributed by atoms with Crippen molar-refractivity contribution in [2.45, 2.75) is 13.3 Å². The first-order valence-electron chi connectivity index (χ1n) is 6.40. The van der Waals surface area contributed by atoms with E-state index in [1.807, 2.05) is 36.4 Å². The predicted molar refractivity (Wildman–Crippen MR) is 82.0 cm³/mol. The highest BCUT2D eigenvalue weighted by Crippen LogP contribution is 2.26. The number of hydrogen-bond acceptors (Lipinski definition) is 1. The number of halogens is 1. The van der Waals surface area contributed by atoms with E-state index in [4.69, 9.17) is 16.7 Å². The van der Waals surface area contributed by atoms with Crippen LogP contribution in [0.1, 0.15) is 23.6 Å². The molecule has 0 aliphatic rings. The Morgan fingerprint density at radius 1 is 1.15 bits per heavy atom. The summed E-state index contributed by atoms with van der Waals surface area (Å²) in [5.41, 5.74) is 3.54. The second kappa shape index (κ2) is 6.40. The highest BCUT2D eigenvalue weighted by molar-refractivity contribution is 6.30. The Balaban J connectivity index is 2.50. The summed E-state index contributed by atoms with van der Waals surface area (Å²) in [5, 5.41) is 9.65. The fourth-order valence-corrected chi connectivity index (χ4v) is 2.22. The Labute approximate surface area is 123 Å². The molecule has 2 aromatic rings. The van der Waals surface area contributed by atoms with Crippen LogP contribution in [0.25, 0.3) is 5.57 Å². The molecule has 0 unspecified atom stereocenters. The lowest BCUT2D eigenvalue weighted by atomic mass is 9.96. The molecule has 0 spiro atoms. The molecule has 3 heteroatoms. The van der Waals surface area contributed by atoms with E-state index in [1.165, 1.54) is 11.6 Å². The first-order chi connectivity index (χ1) is 9.60. The molecule has 20 heavy (non-hydrogen) atoms. The van der Waals surface area contributed by atoms with Crippen LogP contribution in [0.15, 0.2) is 54.6 Å². The summed E-state index contributed by atoms with van der Waals surface area (Å²) in [4.78, 5) is 11.1. The van der Waals surface area contributed by atoms with E-state index in [2.05, 4.69) is 6.92 Å². The van der Waals surface area contributed by atoms with Crippen LogP contribution in [-0.4, -0.2) is 11.1 Å². The zero-order valence-electron chi connectivity index (χ0n) is 11.1. The molecule has 102 valence electrons. The Hall–Kier alpha value is -2.06. The van der Waals surface area contributed by atoms with Gasteiger partial charge in [-0.3, -0.25) is 0 Å². The molecule has 0 atom stereocenters. The van der Waals surface area contributed by atoms with Crippen molar-refractivity contribution in [1.29, 1.82) is 0 Å². The van der Waals surface area contributed by atoms with Crippen molar-refractivity contribution in [1.82, 2.24) is 0 Å². The lowest BCUT2D eigenvalue weighted by Gasteiger charge is -2.09. The van der Waals surface area contributed by atoms with Crippen LogP contribution in [0, 0.1) is 0 Å². The van der Waals surface area contributed by atoms with Crippen LogP contribution in [0.2, 0.25) is 5.02 Å². The Morgan fingerprint density at radius 2 is 1.85 bits per heavy atom. The molecule has 0 aliphatic carbocycles. The minimum Gasteiger partial charge on any atom is -0.478 e. The van der Waals surface area contributed by atoms with E-state index in [9.17, 15) is 4.79 Å². The molecule has 2 aromatic carbocycles. The normalized spacial score (nSPS) is 11.4. The number of rotatable bonds is 4. The minimum absolute atomic E-state index is 0.587. The second-order valence-electron chi connectivity index (χ2n) is 4.46. The van der Waals surface area contributed by atoms with Gasteiger partial charge in [0.15, 0.2) is 0 Å². The highest BCUT2D eigenvalue weighted by Gasteiger charge is 2.08. The monoisotopic (exact) mass is 286 g/mol. The van der Waals surface area contributed by atoms with Gasteiger partial charge < -0.3 is 5.11 Å². The average Bonchev–Trinajstić information content (AvgIpc) is 2.45. The maximum atomic E-state index is 11.1. The number of aryl methyl sites for hydroxylation is 1. The zero-order chi connectivity index (χ0) is 14.5. The smallest absolute Gasteiger partial charge is 0.328 e. The summed E-state index contributed by atoms with van der Waals surface area (Å²) < 4.78 is 0. The first kappa shape index (κ1) is 14.4. The lowest BCUT2D eigenvalue weighted by Crippen LogP contribution is -1.95. The summed E-state index contributed by atoms with van der Waals surface area (Å²) in [6.45, 7) is 2.08. The van der Waals surface area contributed by atoms with Crippen LogP contribution in [-0.2, 0) is 11.2 Å². The van der Waals surface area contributed by atoms with E-state index < -0.39 is 5.97 Å². The number of carboxylic acids is 1. The number of aliphatic carboxylic acids is 1. The van der Waals surface area contributed by atoms with Crippen LogP contribution in [0.3, 0.4) is 0 Å². The van der Waals surface area contributed by atoms with E-state index in [-0.39, 0.29) is 0 Å². The maximum Gasteiger partial charge on any atom is 0.328 e. The summed E-state index contributed by atoms with van der Waals surface area (Å²) in [6.07, 6.45) is 2.17. The summed E-state index contributed by atoms with van der Waals surface area (Å²) in [7, 11) is 0. The minimum atomic E-state index is -0.973. The van der Waals surface area contributed by atoms with Crippen LogP contribution >= 0.6 is 11.6 Å². The van der Waals surface area contributed by atoms with Gasteiger partial charge in [0.25, 0.3) is 0 Å². The first-order valence-corrected chi connectivity index (χ1v) is 6.78. The molecule has 0 saturated carbocycles. The van der Waals surface area contributed by atoms with Gasteiger partial charge in [0.2, 0.25) is 0 Å².